The fourth-order valence-electron chi connectivity index (χ4n) is 3.72. The summed E-state index contributed by atoms with van der Waals surface area (Å²) in [4.78, 5) is 14.8. The molecule has 0 spiro atoms. The van der Waals surface area contributed by atoms with Crippen LogP contribution in [0.1, 0.15) is 49.4 Å². The number of aliphatic hydroxyl groups is 1. The first kappa shape index (κ1) is 12.7. The van der Waals surface area contributed by atoms with Crippen molar-refractivity contribution in [2.24, 2.45) is 0 Å². The van der Waals surface area contributed by atoms with Gasteiger partial charge in [-0.3, -0.25) is 4.79 Å². The first-order valence-electron chi connectivity index (χ1n) is 7.19. The third kappa shape index (κ3) is 2.06. The molecule has 0 saturated carbocycles. The minimum Gasteiger partial charge on any atom is -0.391 e. The zero-order valence-corrected chi connectivity index (χ0v) is 11.4. The summed E-state index contributed by atoms with van der Waals surface area (Å²) in [7, 11) is 0. The van der Waals surface area contributed by atoms with Crippen molar-refractivity contribution in [3.63, 3.8) is 0 Å². The molecule has 2 fully saturated rings. The van der Waals surface area contributed by atoms with Gasteiger partial charge < -0.3 is 10.0 Å². The molecule has 2 bridgehead atoms. The van der Waals surface area contributed by atoms with Crippen LogP contribution in [0.25, 0.3) is 0 Å². The average Bonchev–Trinajstić information content (AvgIpc) is 2.43. The summed E-state index contributed by atoms with van der Waals surface area (Å²) in [6, 6.07) is 9.44. The minimum absolute atomic E-state index is 0.000191. The molecule has 1 N–H and O–H groups in total. The summed E-state index contributed by atoms with van der Waals surface area (Å²) >= 11 is 0. The predicted molar refractivity (Wildman–Crippen MR) is 73.9 cm³/mol. The number of rotatable bonds is 1. The molecule has 3 rings (SSSR count). The molecule has 102 valence electrons. The van der Waals surface area contributed by atoms with E-state index in [2.05, 4.69) is 6.92 Å². The Morgan fingerprint density at radius 1 is 1.26 bits per heavy atom. The molecule has 2 aliphatic heterocycles. The van der Waals surface area contributed by atoms with Crippen LogP contribution in [0.15, 0.2) is 30.3 Å². The second kappa shape index (κ2) is 4.64. The molecule has 1 aromatic rings. The standard InChI is InChI=1S/C16H21NO2/c1-16-10-5-8-13(14(18)9-11-16)17(16)15(19)12-6-3-2-4-7-12/h2-4,6-7,13-14,18H,5,8-11H2,1H3/t13-,14-,16+/m0/s1. The van der Waals surface area contributed by atoms with E-state index in [0.717, 1.165) is 37.7 Å². The monoisotopic (exact) mass is 259 g/mol. The number of carbonyl (C=O) groups is 1. The molecule has 0 aliphatic carbocycles. The van der Waals surface area contributed by atoms with Crippen LogP contribution in [-0.2, 0) is 0 Å². The van der Waals surface area contributed by atoms with Crippen LogP contribution in [-0.4, -0.2) is 33.6 Å². The van der Waals surface area contributed by atoms with Gasteiger partial charge in [-0.15, -0.1) is 0 Å². The number of fused-ring (bicyclic) bond motifs is 2. The Labute approximate surface area is 114 Å². The Bertz CT molecular complexity index is 473. The van der Waals surface area contributed by atoms with E-state index in [1.54, 1.807) is 0 Å². The van der Waals surface area contributed by atoms with E-state index < -0.39 is 0 Å². The van der Waals surface area contributed by atoms with Gasteiger partial charge in [-0.05, 0) is 51.2 Å². The average molecular weight is 259 g/mol. The Morgan fingerprint density at radius 3 is 2.74 bits per heavy atom. The normalized spacial score (nSPS) is 34.1. The SMILES string of the molecule is C[C@@]12CCC[C@@H]([C@@H](O)CC1)N2C(=O)c1ccccc1. The summed E-state index contributed by atoms with van der Waals surface area (Å²) in [5.74, 6) is 0.0755. The maximum Gasteiger partial charge on any atom is 0.254 e. The molecular formula is C16H21NO2. The topological polar surface area (TPSA) is 40.5 Å². The molecule has 3 atom stereocenters. The number of aliphatic hydroxyl groups excluding tert-OH is 1. The fourth-order valence-corrected chi connectivity index (χ4v) is 3.72. The van der Waals surface area contributed by atoms with E-state index in [4.69, 9.17) is 0 Å². The summed E-state index contributed by atoms with van der Waals surface area (Å²) < 4.78 is 0. The van der Waals surface area contributed by atoms with Gasteiger partial charge in [-0.1, -0.05) is 18.2 Å². The van der Waals surface area contributed by atoms with Gasteiger partial charge in [-0.25, -0.2) is 0 Å². The number of amides is 1. The third-order valence-corrected chi connectivity index (χ3v) is 4.79. The second-order valence-electron chi connectivity index (χ2n) is 6.10. The van der Waals surface area contributed by atoms with Crippen LogP contribution in [0.2, 0.25) is 0 Å². The lowest BCUT2D eigenvalue weighted by Crippen LogP contribution is -2.64. The van der Waals surface area contributed by atoms with Gasteiger partial charge in [0, 0.05) is 11.1 Å². The molecule has 1 amide bonds. The summed E-state index contributed by atoms with van der Waals surface area (Å²) in [6.45, 7) is 2.17. The Hall–Kier alpha value is -1.35. The van der Waals surface area contributed by atoms with Crippen LogP contribution in [0.4, 0.5) is 0 Å². The molecule has 0 aromatic heterocycles. The summed E-state index contributed by atoms with van der Waals surface area (Å²) in [6.07, 6.45) is 4.45. The molecule has 2 saturated heterocycles. The third-order valence-electron chi connectivity index (χ3n) is 4.79. The molecule has 2 heterocycles. The highest BCUT2D eigenvalue weighted by Crippen LogP contribution is 2.42. The van der Waals surface area contributed by atoms with E-state index in [1.165, 1.54) is 0 Å². The first-order chi connectivity index (χ1) is 9.12. The zero-order chi connectivity index (χ0) is 13.5. The molecule has 1 aromatic carbocycles. The maximum atomic E-state index is 12.8. The number of hydrogen-bond acceptors (Lipinski definition) is 2. The number of benzene rings is 1. The van der Waals surface area contributed by atoms with E-state index in [0.29, 0.717) is 0 Å². The number of piperidine rings is 2. The molecule has 3 nitrogen and oxygen atoms in total. The lowest BCUT2D eigenvalue weighted by molar-refractivity contribution is -0.0715. The highest BCUT2D eigenvalue weighted by atomic mass is 16.3. The van der Waals surface area contributed by atoms with E-state index in [1.807, 2.05) is 35.2 Å². The van der Waals surface area contributed by atoms with E-state index >= 15 is 0 Å². The highest BCUT2D eigenvalue weighted by Gasteiger charge is 2.48. The smallest absolute Gasteiger partial charge is 0.254 e. The second-order valence-corrected chi connectivity index (χ2v) is 6.10. The Kier molecular flexibility index (Phi) is 3.09. The lowest BCUT2D eigenvalue weighted by Gasteiger charge is -2.55. The summed E-state index contributed by atoms with van der Waals surface area (Å²) in [5, 5.41) is 10.2. The van der Waals surface area contributed by atoms with Crippen molar-refractivity contribution in [3.8, 4) is 0 Å². The fraction of sp³-hybridized carbons (Fsp3) is 0.562. The molecule has 19 heavy (non-hydrogen) atoms. The molecule has 3 heteroatoms. The molecule has 0 unspecified atom stereocenters. The Morgan fingerprint density at radius 2 is 2.00 bits per heavy atom. The van der Waals surface area contributed by atoms with Crippen LogP contribution < -0.4 is 0 Å². The van der Waals surface area contributed by atoms with Crippen molar-refractivity contribution < 1.29 is 9.90 Å². The van der Waals surface area contributed by atoms with Crippen LogP contribution in [0.5, 0.6) is 0 Å². The molecule has 0 radical (unpaired) electrons. The maximum absolute atomic E-state index is 12.8. The number of nitrogens with zero attached hydrogens (tertiary/aromatic N) is 1. The van der Waals surface area contributed by atoms with Crippen molar-refractivity contribution in [2.45, 2.75) is 56.7 Å². The van der Waals surface area contributed by atoms with Gasteiger partial charge in [0.25, 0.3) is 5.91 Å². The van der Waals surface area contributed by atoms with Gasteiger partial charge in [0.2, 0.25) is 0 Å². The number of carbonyl (C=O) groups excluding carboxylic acids is 1. The largest absolute Gasteiger partial charge is 0.391 e. The zero-order valence-electron chi connectivity index (χ0n) is 11.4. The van der Waals surface area contributed by atoms with Crippen LogP contribution >= 0.6 is 0 Å². The predicted octanol–water partition coefficient (Wildman–Crippen LogP) is 2.59. The van der Waals surface area contributed by atoms with E-state index in [9.17, 15) is 9.90 Å². The van der Waals surface area contributed by atoms with Crippen molar-refractivity contribution in [3.05, 3.63) is 35.9 Å². The van der Waals surface area contributed by atoms with Gasteiger partial charge in [0.15, 0.2) is 0 Å². The van der Waals surface area contributed by atoms with Gasteiger partial charge in [0.1, 0.15) is 0 Å². The molecular weight excluding hydrogens is 238 g/mol. The molecule has 2 aliphatic rings. The van der Waals surface area contributed by atoms with Crippen molar-refractivity contribution in [1.82, 2.24) is 4.90 Å². The number of hydrogen-bond donors (Lipinski definition) is 1. The van der Waals surface area contributed by atoms with Crippen molar-refractivity contribution in [1.29, 1.82) is 0 Å². The Balaban J connectivity index is 1.95. The van der Waals surface area contributed by atoms with Crippen LogP contribution in [0.3, 0.4) is 0 Å². The van der Waals surface area contributed by atoms with Crippen LogP contribution in [0, 0.1) is 0 Å². The van der Waals surface area contributed by atoms with Gasteiger partial charge >= 0.3 is 0 Å². The highest BCUT2D eigenvalue weighted by molar-refractivity contribution is 5.95. The minimum atomic E-state index is -0.360. The van der Waals surface area contributed by atoms with Crippen molar-refractivity contribution in [2.75, 3.05) is 0 Å². The van der Waals surface area contributed by atoms with Crippen molar-refractivity contribution >= 4 is 5.91 Å². The quantitative estimate of drug-likeness (QED) is 0.842. The first-order valence-corrected chi connectivity index (χ1v) is 7.19. The van der Waals surface area contributed by atoms with Gasteiger partial charge in [0.05, 0.1) is 12.1 Å². The van der Waals surface area contributed by atoms with E-state index in [-0.39, 0.29) is 23.6 Å². The summed E-state index contributed by atoms with van der Waals surface area (Å²) in [5.41, 5.74) is 0.657. The lowest BCUT2D eigenvalue weighted by atomic mass is 9.74. The van der Waals surface area contributed by atoms with Gasteiger partial charge in [-0.2, -0.15) is 0 Å².